The van der Waals surface area contributed by atoms with E-state index in [2.05, 4.69) is 4.98 Å². The molecule has 218 valence electrons. The Hall–Kier alpha value is -4.96. The second-order valence-corrected chi connectivity index (χ2v) is 9.40. The third-order valence-electron chi connectivity index (χ3n) is 6.12. The molecule has 42 heavy (non-hydrogen) atoms. The first-order chi connectivity index (χ1) is 20.4. The zero-order valence-electron chi connectivity index (χ0n) is 23.2. The van der Waals surface area contributed by atoms with Gasteiger partial charge in [0.1, 0.15) is 31.8 Å². The first-order valence-electron chi connectivity index (χ1n) is 13.5. The van der Waals surface area contributed by atoms with Crippen LogP contribution in [-0.4, -0.2) is 47.4 Å². The van der Waals surface area contributed by atoms with Gasteiger partial charge in [0.05, 0.1) is 17.7 Å². The molecular formula is C32H32N2O8. The second kappa shape index (κ2) is 15.2. The number of rotatable bonds is 14. The molecule has 10 nitrogen and oxygen atoms in total. The summed E-state index contributed by atoms with van der Waals surface area (Å²) in [7, 11) is 0. The Morgan fingerprint density at radius 3 is 2.05 bits per heavy atom. The number of hydrogen-bond acceptors (Lipinski definition) is 8. The van der Waals surface area contributed by atoms with E-state index in [1.807, 2.05) is 31.2 Å². The molecule has 4 aromatic rings. The molecule has 0 saturated carbocycles. The fourth-order valence-corrected chi connectivity index (χ4v) is 3.94. The van der Waals surface area contributed by atoms with E-state index >= 15 is 0 Å². The maximum atomic E-state index is 12.6. The number of nitrogens with one attached hydrogen (secondary N) is 1. The van der Waals surface area contributed by atoms with Crippen LogP contribution in [0.1, 0.15) is 45.2 Å². The summed E-state index contributed by atoms with van der Waals surface area (Å²) in [5.74, 6) is -0.458. The number of carbonyl (C=O) groups excluding carboxylic acids is 2. The van der Waals surface area contributed by atoms with Crippen molar-refractivity contribution in [1.29, 1.82) is 0 Å². The van der Waals surface area contributed by atoms with Crippen molar-refractivity contribution in [3.8, 4) is 5.75 Å². The van der Waals surface area contributed by atoms with Crippen molar-refractivity contribution in [2.75, 3.05) is 19.8 Å². The Labute approximate surface area is 242 Å². The molecule has 0 saturated heterocycles. The molecular weight excluding hydrogens is 540 g/mol. The molecule has 1 heterocycles. The van der Waals surface area contributed by atoms with Gasteiger partial charge >= 0.3 is 17.6 Å². The topological polar surface area (TPSA) is 126 Å². The molecule has 10 heteroatoms. The Morgan fingerprint density at radius 1 is 0.833 bits per heavy atom. The zero-order chi connectivity index (χ0) is 29.7. The summed E-state index contributed by atoms with van der Waals surface area (Å²) in [4.78, 5) is 52.4. The van der Waals surface area contributed by atoms with Gasteiger partial charge in [0.15, 0.2) is 0 Å². The van der Waals surface area contributed by atoms with E-state index in [-0.39, 0.29) is 26.4 Å². The molecule has 1 N–H and O–H groups in total. The normalized spacial score (nSPS) is 10.8. The molecule has 0 aliphatic rings. The van der Waals surface area contributed by atoms with Crippen molar-refractivity contribution >= 4 is 11.9 Å². The van der Waals surface area contributed by atoms with Gasteiger partial charge in [-0.15, -0.1) is 0 Å². The predicted molar refractivity (Wildman–Crippen MR) is 155 cm³/mol. The lowest BCUT2D eigenvalue weighted by atomic mass is 10.1. The lowest BCUT2D eigenvalue weighted by Gasteiger charge is -2.19. The molecule has 0 radical (unpaired) electrons. The number of benzene rings is 3. The average Bonchev–Trinajstić information content (AvgIpc) is 3.02. The monoisotopic (exact) mass is 572 g/mol. The van der Waals surface area contributed by atoms with Crippen LogP contribution >= 0.6 is 0 Å². The molecule has 0 fully saturated rings. The highest BCUT2D eigenvalue weighted by Crippen LogP contribution is 2.16. The van der Waals surface area contributed by atoms with Crippen LogP contribution in [0.3, 0.4) is 0 Å². The summed E-state index contributed by atoms with van der Waals surface area (Å²) < 4.78 is 23.5. The van der Waals surface area contributed by atoms with Crippen molar-refractivity contribution in [3.05, 3.63) is 134 Å². The fourth-order valence-electron chi connectivity index (χ4n) is 3.94. The highest BCUT2D eigenvalue weighted by molar-refractivity contribution is 5.89. The number of carbonyl (C=O) groups is 2. The molecule has 0 aliphatic heterocycles. The van der Waals surface area contributed by atoms with Gasteiger partial charge in [0.2, 0.25) is 0 Å². The predicted octanol–water partition coefficient (Wildman–Crippen LogP) is 3.97. The van der Waals surface area contributed by atoms with Gasteiger partial charge in [0.25, 0.3) is 5.56 Å². The Balaban J connectivity index is 1.45. The Morgan fingerprint density at radius 2 is 1.45 bits per heavy atom. The highest BCUT2D eigenvalue weighted by Gasteiger charge is 2.18. The van der Waals surface area contributed by atoms with Gasteiger partial charge in [-0.1, -0.05) is 55.5 Å². The fraction of sp³-hybridized carbons (Fsp3) is 0.250. The van der Waals surface area contributed by atoms with E-state index in [9.17, 15) is 19.2 Å². The van der Waals surface area contributed by atoms with Crippen molar-refractivity contribution < 1.29 is 28.5 Å². The number of ether oxygens (including phenoxy) is 4. The second-order valence-electron chi connectivity index (χ2n) is 9.40. The number of aromatic amines is 1. The van der Waals surface area contributed by atoms with Gasteiger partial charge in [0, 0.05) is 18.2 Å². The van der Waals surface area contributed by atoms with Crippen molar-refractivity contribution in [1.82, 2.24) is 9.55 Å². The number of hydrogen-bond donors (Lipinski definition) is 1. The maximum absolute atomic E-state index is 12.6. The van der Waals surface area contributed by atoms with Gasteiger partial charge in [-0.25, -0.2) is 14.4 Å². The van der Waals surface area contributed by atoms with E-state index in [0.29, 0.717) is 29.0 Å². The van der Waals surface area contributed by atoms with Gasteiger partial charge in [-0.3, -0.25) is 14.3 Å². The lowest BCUT2D eigenvalue weighted by Crippen LogP contribution is -2.35. The van der Waals surface area contributed by atoms with Crippen LogP contribution in [0.4, 0.5) is 0 Å². The molecule has 3 aromatic carbocycles. The molecule has 0 spiro atoms. The van der Waals surface area contributed by atoms with E-state index in [1.165, 1.54) is 10.8 Å². The molecule has 0 bridgehead atoms. The zero-order valence-corrected chi connectivity index (χ0v) is 23.2. The summed E-state index contributed by atoms with van der Waals surface area (Å²) in [5.41, 5.74) is 0.685. The average molecular weight is 573 g/mol. The highest BCUT2D eigenvalue weighted by atomic mass is 16.6. The van der Waals surface area contributed by atoms with Crippen LogP contribution in [0.25, 0.3) is 0 Å². The first-order valence-corrected chi connectivity index (χ1v) is 13.5. The molecule has 0 atom stereocenters. The maximum Gasteiger partial charge on any atom is 0.338 e. The van der Waals surface area contributed by atoms with E-state index < -0.39 is 29.3 Å². The molecule has 0 unspecified atom stereocenters. The first kappa shape index (κ1) is 30.0. The van der Waals surface area contributed by atoms with E-state index in [0.717, 1.165) is 12.0 Å². The minimum absolute atomic E-state index is 0.245. The molecule has 4 rings (SSSR count). The third-order valence-corrected chi connectivity index (χ3v) is 6.12. The van der Waals surface area contributed by atoms with Gasteiger partial charge < -0.3 is 18.9 Å². The van der Waals surface area contributed by atoms with Crippen molar-refractivity contribution in [3.63, 3.8) is 0 Å². The number of nitrogens with zero attached hydrogens (tertiary/aromatic N) is 1. The van der Waals surface area contributed by atoms with E-state index in [1.54, 1.807) is 60.7 Å². The summed E-state index contributed by atoms with van der Waals surface area (Å²) in [6.45, 7) is 1.81. The standard InChI is InChI=1S/C32H32N2O8/c1-2-16-39-27-15-9-10-23(18-27)17-26-19-34(32(38)33-29(26)35)22-42-28(20-40-30(36)24-11-5-3-6-12-24)21-41-31(37)25-13-7-4-8-14-25/h3-15,18-19,28H,2,16-17,20-22H2,1H3,(H,33,35,38). The molecule has 0 amide bonds. The minimum atomic E-state index is -0.903. The van der Waals surface area contributed by atoms with Gasteiger partial charge in [-0.2, -0.15) is 0 Å². The third kappa shape index (κ3) is 8.77. The van der Waals surface area contributed by atoms with Crippen LogP contribution in [0.5, 0.6) is 5.75 Å². The van der Waals surface area contributed by atoms with Crippen LogP contribution in [0, 0.1) is 0 Å². The van der Waals surface area contributed by atoms with Crippen molar-refractivity contribution in [2.24, 2.45) is 0 Å². The van der Waals surface area contributed by atoms with E-state index in [4.69, 9.17) is 18.9 Å². The number of aromatic nitrogens is 2. The number of H-pyrrole nitrogens is 1. The summed E-state index contributed by atoms with van der Waals surface area (Å²) in [6, 6.07) is 24.2. The lowest BCUT2D eigenvalue weighted by molar-refractivity contribution is -0.0636. The largest absolute Gasteiger partial charge is 0.494 e. The Kier molecular flexibility index (Phi) is 10.8. The molecule has 0 aliphatic carbocycles. The summed E-state index contributed by atoms with van der Waals surface area (Å²) in [5, 5.41) is 0. The summed E-state index contributed by atoms with van der Waals surface area (Å²) >= 11 is 0. The smallest absolute Gasteiger partial charge is 0.338 e. The van der Waals surface area contributed by atoms with Crippen LogP contribution in [0.2, 0.25) is 0 Å². The van der Waals surface area contributed by atoms with Crippen LogP contribution in [0.15, 0.2) is 101 Å². The minimum Gasteiger partial charge on any atom is -0.494 e. The quantitative estimate of drug-likeness (QED) is 0.225. The van der Waals surface area contributed by atoms with Gasteiger partial charge in [-0.05, 0) is 48.4 Å². The SMILES string of the molecule is CCCOc1cccc(Cc2cn(COC(COC(=O)c3ccccc3)COC(=O)c3ccccc3)c(=O)[nH]c2=O)c1. The number of esters is 2. The summed E-state index contributed by atoms with van der Waals surface area (Å²) in [6.07, 6.45) is 1.64. The Bertz CT molecular complexity index is 1530. The van der Waals surface area contributed by atoms with Crippen LogP contribution < -0.4 is 16.0 Å². The van der Waals surface area contributed by atoms with Crippen LogP contribution in [-0.2, 0) is 27.4 Å². The van der Waals surface area contributed by atoms with Crippen molar-refractivity contribution in [2.45, 2.75) is 32.6 Å². The molecule has 1 aromatic heterocycles.